The number of pyridine rings is 1. The van der Waals surface area contributed by atoms with E-state index in [1.54, 1.807) is 25.1 Å². The molecule has 0 aromatic carbocycles. The normalized spacial score (nSPS) is 10.8. The molecule has 19 heavy (non-hydrogen) atoms. The van der Waals surface area contributed by atoms with Crippen LogP contribution in [0.5, 0.6) is 0 Å². The first kappa shape index (κ1) is 13.1. The third kappa shape index (κ3) is 2.93. The Morgan fingerprint density at radius 3 is 2.79 bits per heavy atom. The van der Waals surface area contributed by atoms with Crippen LogP contribution in [0.2, 0.25) is 0 Å². The zero-order valence-electron chi connectivity index (χ0n) is 10.4. The van der Waals surface area contributed by atoms with E-state index in [9.17, 15) is 13.6 Å². The molecule has 1 amide bonds. The van der Waals surface area contributed by atoms with Gasteiger partial charge in [-0.1, -0.05) is 6.07 Å². The fourth-order valence-corrected chi connectivity index (χ4v) is 1.64. The summed E-state index contributed by atoms with van der Waals surface area (Å²) in [7, 11) is 1.48. The number of hydrogen-bond acceptors (Lipinski definition) is 3. The molecule has 7 heteroatoms. The van der Waals surface area contributed by atoms with E-state index in [1.165, 1.54) is 17.9 Å². The third-order valence-corrected chi connectivity index (χ3v) is 2.44. The summed E-state index contributed by atoms with van der Waals surface area (Å²) in [6, 6.07) is 5.07. The molecule has 2 aromatic rings. The van der Waals surface area contributed by atoms with Gasteiger partial charge in [0.25, 0.3) is 12.3 Å². The predicted molar refractivity (Wildman–Crippen MR) is 65.1 cm³/mol. The zero-order chi connectivity index (χ0) is 14.0. The summed E-state index contributed by atoms with van der Waals surface area (Å²) in [5, 5.41) is 6.05. The highest BCUT2D eigenvalue weighted by Gasteiger charge is 2.22. The fraction of sp³-hybridized carbons (Fsp3) is 0.250. The number of rotatable bonds is 3. The van der Waals surface area contributed by atoms with Crippen LogP contribution >= 0.6 is 0 Å². The molecular weight excluding hydrogens is 254 g/mol. The van der Waals surface area contributed by atoms with E-state index in [0.717, 1.165) is 5.69 Å². The van der Waals surface area contributed by atoms with Crippen LogP contribution < -0.4 is 5.32 Å². The van der Waals surface area contributed by atoms with Gasteiger partial charge in [-0.3, -0.25) is 9.48 Å². The molecule has 2 heterocycles. The summed E-state index contributed by atoms with van der Waals surface area (Å²) < 4.78 is 26.6. The minimum absolute atomic E-state index is 0.152. The van der Waals surface area contributed by atoms with Crippen molar-refractivity contribution in [2.45, 2.75) is 13.3 Å². The molecule has 0 spiro atoms. The van der Waals surface area contributed by atoms with E-state index in [2.05, 4.69) is 15.4 Å². The molecule has 0 saturated heterocycles. The van der Waals surface area contributed by atoms with Crippen LogP contribution in [0.4, 0.5) is 14.6 Å². The van der Waals surface area contributed by atoms with Gasteiger partial charge in [-0.2, -0.15) is 5.10 Å². The molecule has 1 N–H and O–H groups in total. The van der Waals surface area contributed by atoms with Crippen LogP contribution in [0, 0.1) is 6.92 Å². The number of aromatic nitrogens is 3. The zero-order valence-corrected chi connectivity index (χ0v) is 10.4. The van der Waals surface area contributed by atoms with Crippen LogP contribution in [0.25, 0.3) is 0 Å². The summed E-state index contributed by atoms with van der Waals surface area (Å²) in [5.74, 6) is -0.337. The molecular formula is C12H12F2N4O. The summed E-state index contributed by atoms with van der Waals surface area (Å²) >= 11 is 0. The highest BCUT2D eigenvalue weighted by atomic mass is 19.3. The van der Waals surface area contributed by atoms with Gasteiger partial charge in [-0.15, -0.1) is 0 Å². The van der Waals surface area contributed by atoms with Gasteiger partial charge in [0.1, 0.15) is 11.5 Å². The largest absolute Gasteiger partial charge is 0.306 e. The number of amides is 1. The van der Waals surface area contributed by atoms with Gasteiger partial charge < -0.3 is 5.32 Å². The lowest BCUT2D eigenvalue weighted by Crippen LogP contribution is -2.14. The second-order valence-electron chi connectivity index (χ2n) is 4.02. The molecule has 0 unspecified atom stereocenters. The second kappa shape index (κ2) is 5.13. The van der Waals surface area contributed by atoms with Gasteiger partial charge >= 0.3 is 0 Å². The Bertz CT molecular complexity index is 610. The summed E-state index contributed by atoms with van der Waals surface area (Å²) in [5.41, 5.74) is 0.0338. The van der Waals surface area contributed by atoms with Gasteiger partial charge in [0, 0.05) is 18.9 Å². The Balaban J connectivity index is 2.25. The standard InChI is InChI=1S/C12H12F2N4O/c1-7-4-3-5-9(15-7)16-12(19)8-6-18(2)17-10(8)11(13)14/h3-6,11H,1-2H3,(H,15,16,19). The molecule has 0 bridgehead atoms. The SMILES string of the molecule is Cc1cccc(NC(=O)c2cn(C)nc2C(F)F)n1. The molecule has 0 aliphatic carbocycles. The first-order chi connectivity index (χ1) is 8.97. The van der Waals surface area contributed by atoms with Crippen LogP contribution in [-0.2, 0) is 7.05 Å². The topological polar surface area (TPSA) is 59.8 Å². The van der Waals surface area contributed by atoms with Crippen molar-refractivity contribution in [3.05, 3.63) is 41.3 Å². The van der Waals surface area contributed by atoms with Crippen molar-refractivity contribution in [2.75, 3.05) is 5.32 Å². The number of carbonyl (C=O) groups is 1. The van der Waals surface area contributed by atoms with Crippen molar-refractivity contribution in [3.8, 4) is 0 Å². The Morgan fingerprint density at radius 1 is 1.42 bits per heavy atom. The van der Waals surface area contributed by atoms with E-state index in [4.69, 9.17) is 0 Å². The van der Waals surface area contributed by atoms with E-state index < -0.39 is 18.0 Å². The van der Waals surface area contributed by atoms with Crippen LogP contribution in [-0.4, -0.2) is 20.7 Å². The molecule has 0 aliphatic rings. The molecule has 2 aromatic heterocycles. The van der Waals surface area contributed by atoms with Crippen molar-refractivity contribution in [1.29, 1.82) is 0 Å². The molecule has 5 nitrogen and oxygen atoms in total. The Hall–Kier alpha value is -2.31. The number of halogens is 2. The molecule has 0 radical (unpaired) electrons. The van der Waals surface area contributed by atoms with Crippen molar-refractivity contribution < 1.29 is 13.6 Å². The minimum Gasteiger partial charge on any atom is -0.306 e. The number of anilines is 1. The maximum absolute atomic E-state index is 12.7. The summed E-state index contributed by atoms with van der Waals surface area (Å²) in [6.07, 6.45) is -1.54. The minimum atomic E-state index is -2.80. The predicted octanol–water partition coefficient (Wildman–Crippen LogP) is 2.31. The van der Waals surface area contributed by atoms with Crippen molar-refractivity contribution in [1.82, 2.24) is 14.8 Å². The second-order valence-corrected chi connectivity index (χ2v) is 4.02. The average Bonchev–Trinajstić information content (AvgIpc) is 2.71. The van der Waals surface area contributed by atoms with E-state index in [1.807, 2.05) is 0 Å². The molecule has 0 atom stereocenters. The van der Waals surface area contributed by atoms with E-state index >= 15 is 0 Å². The molecule has 0 saturated carbocycles. The highest BCUT2D eigenvalue weighted by Crippen LogP contribution is 2.21. The Morgan fingerprint density at radius 2 is 2.16 bits per heavy atom. The van der Waals surface area contributed by atoms with Crippen molar-refractivity contribution in [3.63, 3.8) is 0 Å². The van der Waals surface area contributed by atoms with Gasteiger partial charge in [0.05, 0.1) is 5.56 Å². The lowest BCUT2D eigenvalue weighted by atomic mass is 10.2. The number of carbonyl (C=O) groups excluding carboxylic acids is 1. The molecule has 0 fully saturated rings. The number of nitrogens with one attached hydrogen (secondary N) is 1. The van der Waals surface area contributed by atoms with Crippen LogP contribution in [0.15, 0.2) is 24.4 Å². The molecule has 2 rings (SSSR count). The number of aryl methyl sites for hydroxylation is 2. The maximum atomic E-state index is 12.7. The highest BCUT2D eigenvalue weighted by molar-refractivity contribution is 6.04. The first-order valence-electron chi connectivity index (χ1n) is 5.54. The van der Waals surface area contributed by atoms with E-state index in [-0.39, 0.29) is 5.56 Å². The summed E-state index contributed by atoms with van der Waals surface area (Å²) in [6.45, 7) is 1.77. The van der Waals surface area contributed by atoms with Gasteiger partial charge in [-0.05, 0) is 19.1 Å². The van der Waals surface area contributed by atoms with Gasteiger partial charge in [0.15, 0.2) is 0 Å². The number of nitrogens with zero attached hydrogens (tertiary/aromatic N) is 3. The van der Waals surface area contributed by atoms with Crippen molar-refractivity contribution >= 4 is 11.7 Å². The first-order valence-corrected chi connectivity index (χ1v) is 5.54. The smallest absolute Gasteiger partial charge is 0.282 e. The van der Waals surface area contributed by atoms with Crippen LogP contribution in [0.1, 0.15) is 28.2 Å². The third-order valence-electron chi connectivity index (χ3n) is 2.44. The lowest BCUT2D eigenvalue weighted by Gasteiger charge is -2.04. The fourth-order valence-electron chi connectivity index (χ4n) is 1.64. The van der Waals surface area contributed by atoms with Crippen molar-refractivity contribution in [2.24, 2.45) is 7.05 Å². The lowest BCUT2D eigenvalue weighted by molar-refractivity contribution is 0.101. The monoisotopic (exact) mass is 266 g/mol. The number of alkyl halides is 2. The molecule has 0 aliphatic heterocycles. The molecule has 100 valence electrons. The van der Waals surface area contributed by atoms with E-state index in [0.29, 0.717) is 5.82 Å². The maximum Gasteiger partial charge on any atom is 0.282 e. The average molecular weight is 266 g/mol. The van der Waals surface area contributed by atoms with Crippen LogP contribution in [0.3, 0.4) is 0 Å². The van der Waals surface area contributed by atoms with Gasteiger partial charge in [0.2, 0.25) is 0 Å². The van der Waals surface area contributed by atoms with Gasteiger partial charge in [-0.25, -0.2) is 13.8 Å². The summed E-state index contributed by atoms with van der Waals surface area (Å²) in [4.78, 5) is 16.0. The number of hydrogen-bond donors (Lipinski definition) is 1. The Kier molecular flexibility index (Phi) is 3.55. The quantitative estimate of drug-likeness (QED) is 0.927. The Labute approximate surface area is 108 Å².